The highest BCUT2D eigenvalue weighted by atomic mass is 16.6. The third-order valence-electron chi connectivity index (χ3n) is 6.34. The molecule has 10 heteroatoms. The van der Waals surface area contributed by atoms with Crippen LogP contribution >= 0.6 is 0 Å². The van der Waals surface area contributed by atoms with Gasteiger partial charge >= 0.3 is 0 Å². The molecular formula is C20H23N5O5. The second-order valence-electron chi connectivity index (χ2n) is 8.03. The largest absolute Gasteiger partial charge is 0.394 e. The smallest absolute Gasteiger partial charge is 0.179 e. The summed E-state index contributed by atoms with van der Waals surface area (Å²) in [7, 11) is 0. The van der Waals surface area contributed by atoms with E-state index < -0.39 is 36.2 Å². The van der Waals surface area contributed by atoms with Crippen molar-refractivity contribution in [2.75, 3.05) is 12.3 Å². The Bertz CT molecular complexity index is 1110. The summed E-state index contributed by atoms with van der Waals surface area (Å²) in [5.41, 5.74) is 5.33. The molecule has 5 atom stereocenters. The fraction of sp³-hybridized carbons (Fsp3) is 0.450. The molecular weight excluding hydrogens is 390 g/mol. The number of aryl methyl sites for hydroxylation is 1. The Labute approximate surface area is 171 Å². The highest BCUT2D eigenvalue weighted by Gasteiger charge is 2.59. The van der Waals surface area contributed by atoms with Crippen LogP contribution in [0.1, 0.15) is 24.0 Å². The Morgan fingerprint density at radius 2 is 2.00 bits per heavy atom. The summed E-state index contributed by atoms with van der Waals surface area (Å²) in [5, 5.41) is 43.0. The lowest BCUT2D eigenvalue weighted by molar-refractivity contribution is -0.184. The predicted molar refractivity (Wildman–Crippen MR) is 105 cm³/mol. The van der Waals surface area contributed by atoms with Crippen molar-refractivity contribution in [1.82, 2.24) is 19.5 Å². The maximum atomic E-state index is 11.6. The zero-order chi connectivity index (χ0) is 21.1. The molecule has 10 nitrogen and oxygen atoms in total. The fourth-order valence-electron chi connectivity index (χ4n) is 4.85. The van der Waals surface area contributed by atoms with Crippen LogP contribution < -0.4 is 5.73 Å². The second-order valence-corrected chi connectivity index (χ2v) is 8.03. The number of imidazole rings is 1. The molecule has 0 amide bonds. The normalized spacial score (nSPS) is 33.3. The molecule has 2 aromatic heterocycles. The molecule has 0 radical (unpaired) electrons. The van der Waals surface area contributed by atoms with Crippen molar-refractivity contribution in [1.29, 1.82) is 0 Å². The first-order valence-corrected chi connectivity index (χ1v) is 9.79. The number of aliphatic hydroxyl groups is 4. The van der Waals surface area contributed by atoms with Gasteiger partial charge in [-0.15, -0.1) is 0 Å². The molecule has 0 bridgehead atoms. The van der Waals surface area contributed by atoms with E-state index in [1.807, 2.05) is 24.3 Å². The van der Waals surface area contributed by atoms with Gasteiger partial charge in [0.1, 0.15) is 30.2 Å². The van der Waals surface area contributed by atoms with Crippen LogP contribution in [-0.4, -0.2) is 64.9 Å². The van der Waals surface area contributed by atoms with Gasteiger partial charge in [-0.05, 0) is 24.0 Å². The molecule has 1 aliphatic carbocycles. The Morgan fingerprint density at radius 3 is 2.77 bits per heavy atom. The molecule has 0 saturated carbocycles. The maximum absolute atomic E-state index is 11.6. The lowest BCUT2D eigenvalue weighted by Gasteiger charge is -2.39. The average Bonchev–Trinajstić information content (AvgIpc) is 3.39. The monoisotopic (exact) mass is 413 g/mol. The third-order valence-corrected chi connectivity index (χ3v) is 6.34. The van der Waals surface area contributed by atoms with Crippen molar-refractivity contribution in [3.63, 3.8) is 0 Å². The second kappa shape index (κ2) is 6.69. The summed E-state index contributed by atoms with van der Waals surface area (Å²) in [6.07, 6.45) is -0.191. The van der Waals surface area contributed by atoms with Gasteiger partial charge < -0.3 is 30.9 Å². The van der Waals surface area contributed by atoms with Crippen LogP contribution in [0.5, 0.6) is 0 Å². The zero-order valence-electron chi connectivity index (χ0n) is 16.1. The van der Waals surface area contributed by atoms with Crippen molar-refractivity contribution in [3.05, 3.63) is 48.0 Å². The molecule has 1 unspecified atom stereocenters. The number of ether oxygens (including phenoxy) is 1. The topological polar surface area (TPSA) is 160 Å². The fourth-order valence-corrected chi connectivity index (χ4v) is 4.85. The van der Waals surface area contributed by atoms with Crippen LogP contribution in [0.4, 0.5) is 5.82 Å². The molecule has 2 aliphatic rings. The van der Waals surface area contributed by atoms with E-state index in [1.54, 1.807) is 0 Å². The summed E-state index contributed by atoms with van der Waals surface area (Å²) in [4.78, 5) is 12.4. The molecule has 1 aromatic carbocycles. The minimum Gasteiger partial charge on any atom is -0.394 e. The van der Waals surface area contributed by atoms with Gasteiger partial charge in [-0.1, -0.05) is 24.3 Å². The number of nitrogens with two attached hydrogens (primary N) is 1. The van der Waals surface area contributed by atoms with Crippen LogP contribution in [0.3, 0.4) is 0 Å². The molecule has 1 fully saturated rings. The maximum Gasteiger partial charge on any atom is 0.179 e. The number of fused-ring (bicyclic) bond motifs is 2. The highest BCUT2D eigenvalue weighted by Crippen LogP contribution is 2.49. The zero-order valence-corrected chi connectivity index (χ0v) is 16.1. The number of benzene rings is 1. The lowest BCUT2D eigenvalue weighted by Crippen LogP contribution is -2.50. The van der Waals surface area contributed by atoms with Gasteiger partial charge in [-0.3, -0.25) is 4.57 Å². The predicted octanol–water partition coefficient (Wildman–Crippen LogP) is -0.602. The number of nitrogen functional groups attached to an aromatic ring is 1. The van der Waals surface area contributed by atoms with Gasteiger partial charge in [0.05, 0.1) is 18.5 Å². The van der Waals surface area contributed by atoms with Crippen LogP contribution in [-0.2, 0) is 22.5 Å². The molecule has 158 valence electrons. The molecule has 0 spiro atoms. The van der Waals surface area contributed by atoms with E-state index >= 15 is 0 Å². The summed E-state index contributed by atoms with van der Waals surface area (Å²) in [5.74, 6) is 0.158. The number of nitrogens with zero attached hydrogens (tertiary/aromatic N) is 4. The summed E-state index contributed by atoms with van der Waals surface area (Å²) >= 11 is 0. The minimum absolute atomic E-state index is 0.0822. The Kier molecular flexibility index (Phi) is 4.31. The quantitative estimate of drug-likeness (QED) is 0.376. The molecule has 1 aliphatic heterocycles. The molecule has 3 aromatic rings. The third kappa shape index (κ3) is 2.58. The first-order valence-electron chi connectivity index (χ1n) is 9.79. The number of hydrogen-bond donors (Lipinski definition) is 5. The standard InChI is InChI=1S/C20H23N5O5/c21-17-14-18(23-9-22-17)25(10-24-14)20(16(28)15(27)13(7-26)30-20)8-19(29)6-5-11-3-1-2-4-12(11)19/h1-4,9-10,13,15-16,26-29H,5-8H2,(H2,21,22,23)/t13-,15-,16-,19?,20-/m1/s1. The first-order chi connectivity index (χ1) is 14.4. The molecule has 30 heavy (non-hydrogen) atoms. The van der Waals surface area contributed by atoms with Gasteiger partial charge in [-0.2, -0.15) is 0 Å². The number of anilines is 1. The van der Waals surface area contributed by atoms with E-state index in [-0.39, 0.29) is 12.2 Å². The van der Waals surface area contributed by atoms with E-state index in [0.29, 0.717) is 24.0 Å². The van der Waals surface area contributed by atoms with Crippen LogP contribution in [0.25, 0.3) is 11.2 Å². The highest BCUT2D eigenvalue weighted by molar-refractivity contribution is 5.81. The van der Waals surface area contributed by atoms with E-state index in [0.717, 1.165) is 11.1 Å². The summed E-state index contributed by atoms with van der Waals surface area (Å²) < 4.78 is 7.54. The van der Waals surface area contributed by atoms with Crippen molar-refractivity contribution in [2.45, 2.75) is 48.9 Å². The van der Waals surface area contributed by atoms with Gasteiger partial charge in [0.15, 0.2) is 17.2 Å². The van der Waals surface area contributed by atoms with Crippen molar-refractivity contribution in [3.8, 4) is 0 Å². The molecule has 3 heterocycles. The van der Waals surface area contributed by atoms with E-state index in [9.17, 15) is 20.4 Å². The van der Waals surface area contributed by atoms with Gasteiger partial charge in [0, 0.05) is 6.42 Å². The SMILES string of the molecule is Nc1ncnc2c1ncn2[C@]1(CC2(O)CCc3ccccc32)O[C@H](CO)[C@@H](O)[C@H]1O. The van der Waals surface area contributed by atoms with Gasteiger partial charge in [0.2, 0.25) is 0 Å². The minimum atomic E-state index is -1.63. The van der Waals surface area contributed by atoms with Gasteiger partial charge in [0.25, 0.3) is 0 Å². The number of aromatic nitrogens is 4. The number of hydrogen-bond acceptors (Lipinski definition) is 9. The van der Waals surface area contributed by atoms with E-state index in [2.05, 4.69) is 15.0 Å². The van der Waals surface area contributed by atoms with Crippen LogP contribution in [0.15, 0.2) is 36.9 Å². The number of aliphatic hydroxyl groups excluding tert-OH is 3. The average molecular weight is 413 g/mol. The van der Waals surface area contributed by atoms with E-state index in [1.165, 1.54) is 17.2 Å². The van der Waals surface area contributed by atoms with E-state index in [4.69, 9.17) is 10.5 Å². The Morgan fingerprint density at radius 1 is 1.20 bits per heavy atom. The van der Waals surface area contributed by atoms with Crippen molar-refractivity contribution in [2.24, 2.45) is 0 Å². The first kappa shape index (κ1) is 19.3. The van der Waals surface area contributed by atoms with Gasteiger partial charge in [-0.25, -0.2) is 15.0 Å². The lowest BCUT2D eigenvalue weighted by atomic mass is 9.84. The Hall–Kier alpha value is -2.63. The summed E-state index contributed by atoms with van der Waals surface area (Å²) in [6, 6.07) is 7.57. The van der Waals surface area contributed by atoms with Crippen LogP contribution in [0.2, 0.25) is 0 Å². The number of rotatable bonds is 4. The van der Waals surface area contributed by atoms with Crippen LogP contribution in [0, 0.1) is 0 Å². The van der Waals surface area contributed by atoms with Crippen molar-refractivity contribution < 1.29 is 25.2 Å². The Balaban J connectivity index is 1.68. The summed E-state index contributed by atoms with van der Waals surface area (Å²) in [6.45, 7) is -0.501. The molecule has 5 rings (SSSR count). The van der Waals surface area contributed by atoms with Crippen molar-refractivity contribution >= 4 is 17.0 Å². The molecule has 1 saturated heterocycles. The molecule has 6 N–H and O–H groups in total.